The summed E-state index contributed by atoms with van der Waals surface area (Å²) in [5, 5.41) is 0.653. The Morgan fingerprint density at radius 1 is 1.22 bits per heavy atom. The van der Waals surface area contributed by atoms with E-state index in [-0.39, 0.29) is 6.04 Å². The molecule has 1 aromatic carbocycles. The van der Waals surface area contributed by atoms with Crippen LogP contribution in [0.4, 0.5) is 0 Å². The van der Waals surface area contributed by atoms with Gasteiger partial charge in [-0.15, -0.1) is 0 Å². The van der Waals surface area contributed by atoms with Crippen molar-refractivity contribution in [2.24, 2.45) is 5.73 Å². The Kier molecular flexibility index (Phi) is 2.58. The van der Waals surface area contributed by atoms with E-state index >= 15 is 0 Å². The lowest BCUT2D eigenvalue weighted by Gasteiger charge is -2.35. The van der Waals surface area contributed by atoms with Crippen LogP contribution in [0, 0.1) is 0 Å². The molecule has 1 aliphatic rings. The van der Waals surface area contributed by atoms with Crippen molar-refractivity contribution in [3.63, 3.8) is 0 Å². The first-order valence-corrected chi connectivity index (χ1v) is 7.12. The van der Waals surface area contributed by atoms with Gasteiger partial charge in [0, 0.05) is 30.7 Å². The number of hydrogen-bond acceptors (Lipinski definition) is 4. The molecule has 0 aliphatic carbocycles. The van der Waals surface area contributed by atoms with Crippen molar-refractivity contribution in [1.82, 2.24) is 9.29 Å². The minimum Gasteiger partial charge on any atom is -0.325 e. The number of nitrogens with zero attached hydrogens (tertiary/aromatic N) is 2. The van der Waals surface area contributed by atoms with Gasteiger partial charge in [0.15, 0.2) is 0 Å². The summed E-state index contributed by atoms with van der Waals surface area (Å²) < 4.78 is 26.2. The fraction of sp³-hybridized carbons (Fsp3) is 0.250. The van der Waals surface area contributed by atoms with Gasteiger partial charge in [-0.2, -0.15) is 4.31 Å². The molecule has 2 N–H and O–H groups in total. The molecule has 1 aromatic heterocycles. The summed E-state index contributed by atoms with van der Waals surface area (Å²) in [4.78, 5) is 4.47. The van der Waals surface area contributed by atoms with Gasteiger partial charge in [0.1, 0.15) is 0 Å². The highest BCUT2D eigenvalue weighted by Crippen LogP contribution is 2.26. The monoisotopic (exact) mass is 263 g/mol. The van der Waals surface area contributed by atoms with Crippen LogP contribution in [0.2, 0.25) is 0 Å². The summed E-state index contributed by atoms with van der Waals surface area (Å²) in [6.07, 6.45) is 1.65. The van der Waals surface area contributed by atoms with Crippen LogP contribution < -0.4 is 5.73 Å². The van der Waals surface area contributed by atoms with Gasteiger partial charge in [-0.05, 0) is 24.3 Å². The van der Waals surface area contributed by atoms with E-state index in [9.17, 15) is 8.42 Å². The zero-order chi connectivity index (χ0) is 12.8. The molecule has 0 radical (unpaired) electrons. The van der Waals surface area contributed by atoms with E-state index in [1.54, 1.807) is 36.5 Å². The maximum atomic E-state index is 12.4. The van der Waals surface area contributed by atoms with Crippen molar-refractivity contribution in [3.8, 4) is 0 Å². The average Bonchev–Trinajstić information content (AvgIpc) is 2.34. The fourth-order valence-electron chi connectivity index (χ4n) is 2.11. The third kappa shape index (κ3) is 1.69. The SMILES string of the molecule is NC1CN(S(=O)(=O)c2cccc3ncccc23)C1. The van der Waals surface area contributed by atoms with Crippen molar-refractivity contribution >= 4 is 20.9 Å². The van der Waals surface area contributed by atoms with Gasteiger partial charge in [-0.25, -0.2) is 8.42 Å². The van der Waals surface area contributed by atoms with Crippen LogP contribution in [-0.4, -0.2) is 36.8 Å². The molecule has 0 saturated carbocycles. The highest BCUT2D eigenvalue weighted by molar-refractivity contribution is 7.89. The fourth-order valence-corrected chi connectivity index (χ4v) is 3.86. The minimum atomic E-state index is -3.45. The number of nitrogens with two attached hydrogens (primary N) is 1. The molecule has 1 fully saturated rings. The van der Waals surface area contributed by atoms with E-state index in [2.05, 4.69) is 4.98 Å². The van der Waals surface area contributed by atoms with Gasteiger partial charge in [-0.3, -0.25) is 4.98 Å². The molecule has 0 bridgehead atoms. The van der Waals surface area contributed by atoms with Gasteiger partial charge in [0.25, 0.3) is 0 Å². The molecule has 18 heavy (non-hydrogen) atoms. The quantitative estimate of drug-likeness (QED) is 0.859. The van der Waals surface area contributed by atoms with Crippen molar-refractivity contribution in [2.45, 2.75) is 10.9 Å². The number of benzene rings is 1. The summed E-state index contributed by atoms with van der Waals surface area (Å²) in [6.45, 7) is 0.776. The van der Waals surface area contributed by atoms with Gasteiger partial charge in [0.2, 0.25) is 10.0 Å². The topological polar surface area (TPSA) is 76.3 Å². The molecule has 0 unspecified atom stereocenters. The Bertz CT molecular complexity index is 688. The smallest absolute Gasteiger partial charge is 0.243 e. The van der Waals surface area contributed by atoms with E-state index in [4.69, 9.17) is 5.73 Å². The summed E-state index contributed by atoms with van der Waals surface area (Å²) in [5.41, 5.74) is 6.32. The van der Waals surface area contributed by atoms with Crippen LogP contribution in [0.1, 0.15) is 0 Å². The number of fused-ring (bicyclic) bond motifs is 1. The molecule has 3 rings (SSSR count). The van der Waals surface area contributed by atoms with Gasteiger partial charge >= 0.3 is 0 Å². The first-order chi connectivity index (χ1) is 8.59. The molecule has 6 heteroatoms. The summed E-state index contributed by atoms with van der Waals surface area (Å²) in [5.74, 6) is 0. The molecule has 5 nitrogen and oxygen atoms in total. The lowest BCUT2D eigenvalue weighted by molar-refractivity contribution is 0.266. The normalized spacial score (nSPS) is 17.8. The second-order valence-corrected chi connectivity index (χ2v) is 6.31. The third-order valence-electron chi connectivity index (χ3n) is 3.10. The number of pyridine rings is 1. The average molecular weight is 263 g/mol. The van der Waals surface area contributed by atoms with Crippen LogP contribution in [0.5, 0.6) is 0 Å². The molecule has 0 spiro atoms. The van der Waals surface area contributed by atoms with Gasteiger partial charge in [0.05, 0.1) is 10.4 Å². The lowest BCUT2D eigenvalue weighted by atomic mass is 10.2. The van der Waals surface area contributed by atoms with Crippen LogP contribution in [0.3, 0.4) is 0 Å². The van der Waals surface area contributed by atoms with Crippen molar-refractivity contribution in [1.29, 1.82) is 0 Å². The summed E-state index contributed by atoms with van der Waals surface area (Å²) >= 11 is 0. The molecule has 0 atom stereocenters. The largest absolute Gasteiger partial charge is 0.325 e. The van der Waals surface area contributed by atoms with Gasteiger partial charge in [-0.1, -0.05) is 6.07 Å². The van der Waals surface area contributed by atoms with Gasteiger partial charge < -0.3 is 5.73 Å². The zero-order valence-corrected chi connectivity index (χ0v) is 10.5. The Balaban J connectivity index is 2.15. The Morgan fingerprint density at radius 2 is 2.00 bits per heavy atom. The molecular formula is C12H13N3O2S. The Hall–Kier alpha value is -1.50. The molecule has 2 heterocycles. The first-order valence-electron chi connectivity index (χ1n) is 5.68. The standard InChI is InChI=1S/C12H13N3O2S/c13-9-7-15(8-9)18(16,17)12-5-1-4-11-10(12)3-2-6-14-11/h1-6,9H,7-8,13H2. The lowest BCUT2D eigenvalue weighted by Crippen LogP contribution is -2.57. The molecule has 2 aromatic rings. The highest BCUT2D eigenvalue weighted by Gasteiger charge is 2.35. The van der Waals surface area contributed by atoms with Crippen LogP contribution in [-0.2, 0) is 10.0 Å². The van der Waals surface area contributed by atoms with Crippen LogP contribution in [0.25, 0.3) is 10.9 Å². The minimum absolute atomic E-state index is 0.0483. The van der Waals surface area contributed by atoms with Crippen LogP contribution >= 0.6 is 0 Å². The predicted octanol–water partition coefficient (Wildman–Crippen LogP) is 0.566. The third-order valence-corrected chi connectivity index (χ3v) is 4.99. The van der Waals surface area contributed by atoms with Crippen LogP contribution in [0.15, 0.2) is 41.4 Å². The molecular weight excluding hydrogens is 250 g/mol. The number of rotatable bonds is 2. The highest BCUT2D eigenvalue weighted by atomic mass is 32.2. The Labute approximate surface area is 105 Å². The molecule has 0 amide bonds. The second kappa shape index (κ2) is 4.01. The van der Waals surface area contributed by atoms with Crippen molar-refractivity contribution < 1.29 is 8.42 Å². The maximum absolute atomic E-state index is 12.4. The van der Waals surface area contributed by atoms with E-state index < -0.39 is 10.0 Å². The van der Waals surface area contributed by atoms with Crippen molar-refractivity contribution in [3.05, 3.63) is 36.5 Å². The first kappa shape index (κ1) is 11.6. The Morgan fingerprint density at radius 3 is 2.72 bits per heavy atom. The predicted molar refractivity (Wildman–Crippen MR) is 68.5 cm³/mol. The van der Waals surface area contributed by atoms with Crippen molar-refractivity contribution in [2.75, 3.05) is 13.1 Å². The van der Waals surface area contributed by atoms with E-state index in [0.717, 1.165) is 0 Å². The number of sulfonamides is 1. The number of aromatic nitrogens is 1. The summed E-state index contributed by atoms with van der Waals surface area (Å²) in [7, 11) is -3.45. The maximum Gasteiger partial charge on any atom is 0.243 e. The molecule has 94 valence electrons. The number of hydrogen-bond donors (Lipinski definition) is 1. The zero-order valence-electron chi connectivity index (χ0n) is 9.65. The molecule has 1 aliphatic heterocycles. The van der Waals surface area contributed by atoms with E-state index in [1.165, 1.54) is 4.31 Å². The molecule has 1 saturated heterocycles. The van der Waals surface area contributed by atoms with E-state index in [1.807, 2.05) is 0 Å². The van der Waals surface area contributed by atoms with E-state index in [0.29, 0.717) is 28.9 Å². The second-order valence-electron chi connectivity index (χ2n) is 4.41. The summed E-state index contributed by atoms with van der Waals surface area (Å²) in [6, 6.07) is 8.59.